The minimum absolute atomic E-state index is 0.0372. The largest absolute Gasteiger partial charge is 0.480 e. The molecule has 0 aliphatic heterocycles. The van der Waals surface area contributed by atoms with Crippen LogP contribution >= 0.6 is 0 Å². The Kier molecular flexibility index (Phi) is 34.3. The maximum atomic E-state index is 13.5. The van der Waals surface area contributed by atoms with Crippen molar-refractivity contribution in [3.63, 3.8) is 0 Å². The number of aromatic amines is 2. The SMILES string of the molecule is CN(C)C(=O)/C=C/CC[C@H](N)C(=O)Nc1cccn(Cc2nc3ccccc3[nH]2)c1=O.CN(C)C(=O)/C=C/CC[C@H](NC(=O)CO)C(=O)Nc1cccn(Cc2nc3ccccc3[nH]2)c1=O.CN(C)C(=O)/C=C/CC[C@H](NC(=O)OC(C)(C)C)C(=O)Nc1cccn(Cc2nc3ccccc3n2C(=O)OC(C)(C)C)c1=O.O=C(O)CO. The first-order chi connectivity index (χ1) is 54.8. The van der Waals surface area contributed by atoms with E-state index in [1.165, 1.54) is 75.6 Å². The van der Waals surface area contributed by atoms with Crippen LogP contribution in [0.5, 0.6) is 0 Å². The van der Waals surface area contributed by atoms with Crippen molar-refractivity contribution >= 4 is 110 Å². The van der Waals surface area contributed by atoms with Crippen molar-refractivity contribution in [2.75, 3.05) is 71.5 Å². The van der Waals surface area contributed by atoms with Crippen molar-refractivity contribution in [2.45, 2.75) is 129 Å². The molecule has 0 aliphatic carbocycles. The van der Waals surface area contributed by atoms with E-state index in [0.717, 1.165) is 22.1 Å². The van der Waals surface area contributed by atoms with Crippen LogP contribution < -0.4 is 49.0 Å². The summed E-state index contributed by atoms with van der Waals surface area (Å²) >= 11 is 0. The molecule has 0 saturated heterocycles. The summed E-state index contributed by atoms with van der Waals surface area (Å²) < 4.78 is 16.4. The molecule has 8 amide bonds. The molecule has 36 nitrogen and oxygen atoms in total. The number of nitrogens with one attached hydrogen (secondary N) is 7. The number of carboxylic acid groups (broad SMARTS) is 1. The van der Waals surface area contributed by atoms with Gasteiger partial charge in [0, 0.05) is 60.9 Å². The number of ether oxygens (including phenoxy) is 2. The minimum Gasteiger partial charge on any atom is -0.480 e. The predicted octanol–water partition coefficient (Wildman–Crippen LogP) is 5.43. The Morgan fingerprint density at radius 2 is 0.871 bits per heavy atom. The summed E-state index contributed by atoms with van der Waals surface area (Å²) in [7, 11) is 9.79. The number of aromatic nitrogens is 9. The number of carbonyl (C=O) groups excluding carboxylic acids is 9. The third-order valence-electron chi connectivity index (χ3n) is 16.1. The molecule has 3 atom stereocenters. The summed E-state index contributed by atoms with van der Waals surface area (Å²) in [5, 5.41) is 36.8. The number of carboxylic acids is 1. The number of para-hydroxylation sites is 6. The van der Waals surface area contributed by atoms with Gasteiger partial charge in [-0.05, 0) is 171 Å². The van der Waals surface area contributed by atoms with Crippen LogP contribution in [0.4, 0.5) is 26.7 Å². The summed E-state index contributed by atoms with van der Waals surface area (Å²) in [5.41, 5.74) is 7.59. The molecule has 0 saturated carbocycles. The maximum absolute atomic E-state index is 13.5. The molecule has 0 radical (unpaired) electrons. The number of rotatable bonds is 28. The zero-order valence-electron chi connectivity index (χ0n) is 66.6. The summed E-state index contributed by atoms with van der Waals surface area (Å²) in [4.78, 5) is 183. The number of pyridine rings is 3. The Balaban J connectivity index is 0.000000267. The highest BCUT2D eigenvalue weighted by Crippen LogP contribution is 2.21. The van der Waals surface area contributed by atoms with Crippen molar-refractivity contribution in [3.05, 3.63) is 213 Å². The van der Waals surface area contributed by atoms with Gasteiger partial charge in [-0.1, -0.05) is 54.6 Å². The second kappa shape index (κ2) is 43.5. The van der Waals surface area contributed by atoms with Crippen LogP contribution in [0, 0.1) is 0 Å². The lowest BCUT2D eigenvalue weighted by molar-refractivity contribution is -0.140. The van der Waals surface area contributed by atoms with E-state index in [9.17, 15) is 57.5 Å². The highest BCUT2D eigenvalue weighted by Gasteiger charge is 2.28. The number of carbonyl (C=O) groups is 10. The Hall–Kier alpha value is -13.5. The Labute approximate surface area is 667 Å². The van der Waals surface area contributed by atoms with Gasteiger partial charge in [-0.2, -0.15) is 0 Å². The molecule has 0 bridgehead atoms. The Bertz CT molecular complexity index is 5160. The fourth-order valence-electron chi connectivity index (χ4n) is 10.4. The Morgan fingerprint density at radius 3 is 1.27 bits per heavy atom. The monoisotopic (exact) mass is 1600 g/mol. The van der Waals surface area contributed by atoms with Crippen LogP contribution in [0.2, 0.25) is 0 Å². The van der Waals surface area contributed by atoms with Crippen LogP contribution in [0.3, 0.4) is 0 Å². The van der Waals surface area contributed by atoms with Gasteiger partial charge in [-0.3, -0.25) is 47.9 Å². The lowest BCUT2D eigenvalue weighted by Gasteiger charge is -2.23. The molecule has 9 aromatic rings. The van der Waals surface area contributed by atoms with E-state index in [2.05, 4.69) is 51.5 Å². The van der Waals surface area contributed by atoms with Crippen molar-refractivity contribution in [3.8, 4) is 0 Å². The molecule has 0 spiro atoms. The second-order valence-electron chi connectivity index (χ2n) is 28.5. The smallest absolute Gasteiger partial charge is 0.420 e. The topological polar surface area (TPSA) is 487 Å². The molecule has 3 aromatic carbocycles. The quantitative estimate of drug-likeness (QED) is 0.0272. The number of fused-ring (bicyclic) bond motifs is 3. The number of nitrogens with zero attached hydrogens (tertiary/aromatic N) is 10. The first kappa shape index (κ1) is 91.4. The van der Waals surface area contributed by atoms with E-state index >= 15 is 0 Å². The standard InChI is InChI=1S/C32H42N6O7.C24H28N6O5.C22H26N6O3.C2H4O3/c1-31(2,3)44-29(42)35-22(15-10-12-18-26(39)36(7)8)27(40)34-23-16-13-19-37(28(23)41)20-25-33-21-14-9-11-17-24(21)38(25)30(43)45-32(4,5)6;1-29(2)22(33)12-6-5-10-18(27-21(32)15-31)23(34)28-19-11-7-13-30(24(19)35)14-20-25-16-8-3-4-9-17(16)26-20;1-27(2)20(29)12-6-3-8-15(23)21(30)26-18-11-7-13-28(22(18)31)14-19-24-16-9-4-5-10-17(16)25-19;3-1-2(4)5/h9,11-14,16-19,22H,10,15,20H2,1-8H3,(H,34,40)(H,35,42);3-4,6-9,11-13,18,31H,5,10,14-15H2,1-2H3,(H,25,26)(H,27,32)(H,28,34);4-7,9-13,15H,3,8,14,23H2,1-2H3,(H,24,25)(H,26,30);3H,1H2,(H,4,5)/b18-12+;2*12-6+;/t22-;18-;15-;/m000./s1. The van der Waals surface area contributed by atoms with Gasteiger partial charge in [0.2, 0.25) is 41.4 Å². The molecule has 116 heavy (non-hydrogen) atoms. The number of hydrogen-bond donors (Lipinski definition) is 11. The molecule has 0 unspecified atom stereocenters. The number of H-pyrrole nitrogens is 2. The first-order valence-corrected chi connectivity index (χ1v) is 36.5. The lowest BCUT2D eigenvalue weighted by atomic mass is 10.1. The predicted molar refractivity (Wildman–Crippen MR) is 435 cm³/mol. The van der Waals surface area contributed by atoms with Gasteiger partial charge in [0.25, 0.3) is 16.7 Å². The number of nitrogens with two attached hydrogens (primary N) is 1. The molecule has 36 heteroatoms. The molecular weight excluding hydrogens is 1500 g/mol. The minimum atomic E-state index is -1.19. The molecule has 6 aromatic heterocycles. The van der Waals surface area contributed by atoms with Crippen molar-refractivity contribution in [2.24, 2.45) is 5.73 Å². The number of hydrogen-bond acceptors (Lipinski definition) is 21. The number of benzene rings is 3. The van der Waals surface area contributed by atoms with Gasteiger partial charge in [0.05, 0.1) is 58.8 Å². The van der Waals surface area contributed by atoms with Gasteiger partial charge in [0.15, 0.2) is 0 Å². The van der Waals surface area contributed by atoms with E-state index in [-0.39, 0.29) is 85.1 Å². The number of aliphatic carboxylic acids is 1. The van der Waals surface area contributed by atoms with Gasteiger partial charge < -0.3 is 95.5 Å². The molecule has 12 N–H and O–H groups in total. The first-order valence-electron chi connectivity index (χ1n) is 36.5. The number of likely N-dealkylation sites (N-methyl/N-ethyl adjacent to an activating group) is 3. The summed E-state index contributed by atoms with van der Waals surface area (Å²) in [6, 6.07) is 28.6. The van der Waals surface area contributed by atoms with E-state index in [4.69, 9.17) is 35.3 Å². The lowest BCUT2D eigenvalue weighted by Crippen LogP contribution is -2.46. The number of aliphatic hydroxyl groups excluding tert-OH is 2. The number of imidazole rings is 3. The van der Waals surface area contributed by atoms with E-state index in [1.807, 2.05) is 48.5 Å². The summed E-state index contributed by atoms with van der Waals surface area (Å²) in [6.07, 6.45) is 14.1. The summed E-state index contributed by atoms with van der Waals surface area (Å²) in [6.45, 7) is 9.11. The van der Waals surface area contributed by atoms with Crippen LogP contribution in [0.1, 0.15) is 97.5 Å². The number of allylic oxidation sites excluding steroid dienone is 3. The average molecular weight is 1600 g/mol. The Morgan fingerprint density at radius 1 is 0.491 bits per heavy atom. The maximum Gasteiger partial charge on any atom is 0.420 e. The fourth-order valence-corrected chi connectivity index (χ4v) is 10.4. The number of alkyl carbamates (subject to hydrolysis) is 1. The van der Waals surface area contributed by atoms with Crippen molar-refractivity contribution < 1.29 is 72.7 Å². The second-order valence-corrected chi connectivity index (χ2v) is 28.5. The number of amides is 8. The molecule has 6 heterocycles. The van der Waals surface area contributed by atoms with E-state index < -0.39 is 95.4 Å². The normalized spacial score (nSPS) is 12.1. The van der Waals surface area contributed by atoms with E-state index in [0.29, 0.717) is 41.9 Å². The van der Waals surface area contributed by atoms with Gasteiger partial charge >= 0.3 is 18.2 Å². The van der Waals surface area contributed by atoms with Gasteiger partial charge in [-0.25, -0.2) is 33.9 Å². The van der Waals surface area contributed by atoms with Crippen LogP contribution in [-0.4, -0.2) is 218 Å². The fraction of sp³-hybridized carbons (Fsp3) is 0.350. The highest BCUT2D eigenvalue weighted by atomic mass is 16.6. The average Bonchev–Trinajstić information content (AvgIpc) is 1.63. The highest BCUT2D eigenvalue weighted by molar-refractivity contribution is 5.98. The zero-order chi connectivity index (χ0) is 85.6. The molecule has 618 valence electrons. The van der Waals surface area contributed by atoms with Gasteiger partial charge in [-0.15, -0.1) is 0 Å². The summed E-state index contributed by atoms with van der Waals surface area (Å²) in [5.74, 6) is -2.70. The van der Waals surface area contributed by atoms with Crippen LogP contribution in [0.25, 0.3) is 33.1 Å². The van der Waals surface area contributed by atoms with E-state index in [1.54, 1.807) is 157 Å². The zero-order valence-corrected chi connectivity index (χ0v) is 66.6. The molecular formula is C80H100N18O18. The number of aliphatic hydroxyl groups is 2. The number of anilines is 3. The third kappa shape index (κ3) is 29.2. The molecule has 0 aliphatic rings. The van der Waals surface area contributed by atoms with Gasteiger partial charge in [0.1, 0.15) is 71.0 Å². The van der Waals surface area contributed by atoms with Crippen LogP contribution in [0.15, 0.2) is 179 Å². The third-order valence-corrected chi connectivity index (χ3v) is 16.1. The van der Waals surface area contributed by atoms with Crippen LogP contribution in [-0.2, 0) is 67.5 Å². The van der Waals surface area contributed by atoms with Crippen molar-refractivity contribution in [1.29, 1.82) is 0 Å². The molecule has 0 fully saturated rings. The van der Waals surface area contributed by atoms with Crippen molar-refractivity contribution in [1.82, 2.24) is 68.5 Å². The molecule has 9 rings (SSSR count).